The van der Waals surface area contributed by atoms with Crippen molar-refractivity contribution < 1.29 is 0 Å². The van der Waals surface area contributed by atoms with E-state index in [-0.39, 0.29) is 0 Å². The Bertz CT molecular complexity index is 98.6. The third-order valence-corrected chi connectivity index (χ3v) is 2.88. The van der Waals surface area contributed by atoms with Gasteiger partial charge in [-0.25, -0.2) is 0 Å². The van der Waals surface area contributed by atoms with Crippen LogP contribution < -0.4 is 0 Å². The second kappa shape index (κ2) is 2.94. The van der Waals surface area contributed by atoms with Crippen LogP contribution in [0.3, 0.4) is 0 Å². The smallest absolute Gasteiger partial charge is 0.0357 e. The molecule has 10 heavy (non-hydrogen) atoms. The molecule has 60 valence electrons. The molecule has 0 nitrogen and oxygen atoms in total. The molecule has 0 radical (unpaired) electrons. The fourth-order valence-electron chi connectivity index (χ4n) is 1.18. The van der Waals surface area contributed by atoms with Crippen molar-refractivity contribution in [1.82, 2.24) is 0 Å². The largest absolute Gasteiger partial charge is 0.0649 e. The third kappa shape index (κ3) is 2.72. The summed E-state index contributed by atoms with van der Waals surface area (Å²) in [6.45, 7) is 7.07. The van der Waals surface area contributed by atoms with Crippen molar-refractivity contribution in [2.24, 2.45) is 11.3 Å². The fourth-order valence-corrected chi connectivity index (χ4v) is 1.18. The molecule has 0 N–H and O–H groups in total. The summed E-state index contributed by atoms with van der Waals surface area (Å²) in [5.74, 6) is 1.12. The first-order valence-electron chi connectivity index (χ1n) is 4.64. The van der Waals surface area contributed by atoms with Crippen LogP contribution in [-0.4, -0.2) is 0 Å². The van der Waals surface area contributed by atoms with Gasteiger partial charge in [-0.2, -0.15) is 0 Å². The highest BCUT2D eigenvalue weighted by atomic mass is 14.3. The van der Waals surface area contributed by atoms with Crippen LogP contribution in [0.4, 0.5) is 0 Å². The predicted molar refractivity (Wildman–Crippen MR) is 46.0 cm³/mol. The Hall–Kier alpha value is 0. The van der Waals surface area contributed by atoms with Crippen LogP contribution in [0, 0.1) is 11.3 Å². The normalized spacial score (nSPS) is 19.5. The van der Waals surface area contributed by atoms with Gasteiger partial charge in [-0.1, -0.05) is 40.0 Å². The number of hydrogen-bond acceptors (Lipinski definition) is 0. The van der Waals surface area contributed by atoms with Gasteiger partial charge in [-0.15, -0.1) is 0 Å². The molecule has 0 aromatic carbocycles. The van der Waals surface area contributed by atoms with Gasteiger partial charge in [-0.05, 0) is 24.2 Å². The van der Waals surface area contributed by atoms with Crippen LogP contribution in [0.5, 0.6) is 0 Å². The highest BCUT2D eigenvalue weighted by Gasteiger charge is 2.24. The van der Waals surface area contributed by atoms with Crippen LogP contribution in [-0.2, 0) is 0 Å². The molecular formula is C10H20. The van der Waals surface area contributed by atoms with Crippen molar-refractivity contribution in [2.45, 2.75) is 52.9 Å². The van der Waals surface area contributed by atoms with Crippen molar-refractivity contribution in [1.29, 1.82) is 0 Å². The number of hydrogen-bond donors (Lipinski definition) is 0. The number of rotatable bonds is 4. The average Bonchev–Trinajstić information content (AvgIpc) is 2.66. The lowest BCUT2D eigenvalue weighted by atomic mass is 9.84. The molecule has 0 aliphatic heterocycles. The molecule has 1 rings (SSSR count). The molecule has 0 aromatic heterocycles. The van der Waals surface area contributed by atoms with E-state index in [1.807, 2.05) is 0 Å². The molecule has 0 bridgehead atoms. The summed E-state index contributed by atoms with van der Waals surface area (Å²) in [4.78, 5) is 0. The third-order valence-electron chi connectivity index (χ3n) is 2.88. The van der Waals surface area contributed by atoms with E-state index in [0.717, 1.165) is 5.92 Å². The van der Waals surface area contributed by atoms with Gasteiger partial charge in [0.25, 0.3) is 0 Å². The molecule has 1 saturated carbocycles. The van der Waals surface area contributed by atoms with E-state index in [1.54, 1.807) is 0 Å². The SMILES string of the molecule is CCC(C)(C)CCC1CC1. The Balaban J connectivity index is 2.09. The minimum atomic E-state index is 0.614. The van der Waals surface area contributed by atoms with Gasteiger partial charge in [0.1, 0.15) is 0 Å². The summed E-state index contributed by atoms with van der Waals surface area (Å²) >= 11 is 0. The van der Waals surface area contributed by atoms with Crippen molar-refractivity contribution in [3.63, 3.8) is 0 Å². The maximum Gasteiger partial charge on any atom is -0.0357 e. The first-order valence-corrected chi connectivity index (χ1v) is 4.64. The lowest BCUT2D eigenvalue weighted by molar-refractivity contribution is 0.305. The Labute approximate surface area is 65.0 Å². The Morgan fingerprint density at radius 3 is 2.30 bits per heavy atom. The Kier molecular flexibility index (Phi) is 2.38. The molecule has 1 aliphatic carbocycles. The average molecular weight is 140 g/mol. The predicted octanol–water partition coefficient (Wildman–Crippen LogP) is 3.61. The summed E-state index contributed by atoms with van der Waals surface area (Å²) in [5.41, 5.74) is 0.614. The first-order chi connectivity index (χ1) is 4.64. The van der Waals surface area contributed by atoms with Gasteiger partial charge >= 0.3 is 0 Å². The Morgan fingerprint density at radius 1 is 1.30 bits per heavy atom. The van der Waals surface area contributed by atoms with Crippen LogP contribution in [0.15, 0.2) is 0 Å². The van der Waals surface area contributed by atoms with Crippen molar-refractivity contribution in [2.75, 3.05) is 0 Å². The summed E-state index contributed by atoms with van der Waals surface area (Å²) in [6.07, 6.45) is 7.29. The van der Waals surface area contributed by atoms with E-state index >= 15 is 0 Å². The fraction of sp³-hybridized carbons (Fsp3) is 1.00. The molecule has 1 aliphatic rings. The molecule has 0 saturated heterocycles. The van der Waals surface area contributed by atoms with Gasteiger partial charge in [0.05, 0.1) is 0 Å². The maximum atomic E-state index is 2.38. The van der Waals surface area contributed by atoms with Crippen molar-refractivity contribution in [3.05, 3.63) is 0 Å². The second-order valence-electron chi connectivity index (χ2n) is 4.50. The summed E-state index contributed by atoms with van der Waals surface area (Å²) in [6, 6.07) is 0. The van der Waals surface area contributed by atoms with E-state index in [2.05, 4.69) is 20.8 Å². The molecule has 0 atom stereocenters. The first kappa shape index (κ1) is 8.10. The highest BCUT2D eigenvalue weighted by molar-refractivity contribution is 4.76. The molecule has 0 spiro atoms. The van der Waals surface area contributed by atoms with Gasteiger partial charge in [0.15, 0.2) is 0 Å². The van der Waals surface area contributed by atoms with E-state index in [1.165, 1.54) is 32.1 Å². The van der Waals surface area contributed by atoms with E-state index in [0.29, 0.717) is 5.41 Å². The molecule has 1 fully saturated rings. The van der Waals surface area contributed by atoms with Gasteiger partial charge in [0.2, 0.25) is 0 Å². The lowest BCUT2D eigenvalue weighted by Gasteiger charge is -2.21. The molecule has 0 amide bonds. The topological polar surface area (TPSA) is 0 Å². The lowest BCUT2D eigenvalue weighted by Crippen LogP contribution is -2.09. The molecule has 0 heteroatoms. The van der Waals surface area contributed by atoms with E-state index in [4.69, 9.17) is 0 Å². The van der Waals surface area contributed by atoms with Crippen molar-refractivity contribution >= 4 is 0 Å². The summed E-state index contributed by atoms with van der Waals surface area (Å²) in [7, 11) is 0. The zero-order chi connectivity index (χ0) is 7.61. The molecule has 0 heterocycles. The monoisotopic (exact) mass is 140 g/mol. The van der Waals surface area contributed by atoms with Crippen LogP contribution in [0.1, 0.15) is 52.9 Å². The van der Waals surface area contributed by atoms with Gasteiger partial charge in [-0.3, -0.25) is 0 Å². The zero-order valence-electron chi connectivity index (χ0n) is 7.61. The van der Waals surface area contributed by atoms with Gasteiger partial charge in [0, 0.05) is 0 Å². The standard InChI is InChI=1S/C10H20/c1-4-10(2,3)8-7-9-5-6-9/h9H,4-8H2,1-3H3. The van der Waals surface area contributed by atoms with E-state index in [9.17, 15) is 0 Å². The quantitative estimate of drug-likeness (QED) is 0.559. The minimum absolute atomic E-state index is 0.614. The minimum Gasteiger partial charge on any atom is -0.0649 e. The molecule has 0 unspecified atom stereocenters. The van der Waals surface area contributed by atoms with Gasteiger partial charge < -0.3 is 0 Å². The second-order valence-corrected chi connectivity index (χ2v) is 4.50. The zero-order valence-corrected chi connectivity index (χ0v) is 7.61. The van der Waals surface area contributed by atoms with Crippen LogP contribution in [0.25, 0.3) is 0 Å². The molecule has 0 aromatic rings. The summed E-state index contributed by atoms with van der Waals surface area (Å²) in [5, 5.41) is 0. The maximum absolute atomic E-state index is 2.38. The van der Waals surface area contributed by atoms with E-state index < -0.39 is 0 Å². The van der Waals surface area contributed by atoms with Crippen molar-refractivity contribution in [3.8, 4) is 0 Å². The summed E-state index contributed by atoms with van der Waals surface area (Å²) < 4.78 is 0. The molecular weight excluding hydrogens is 120 g/mol. The Morgan fingerprint density at radius 2 is 1.90 bits per heavy atom. The highest BCUT2D eigenvalue weighted by Crippen LogP contribution is 2.38. The van der Waals surface area contributed by atoms with Crippen LogP contribution in [0.2, 0.25) is 0 Å². The van der Waals surface area contributed by atoms with Crippen LogP contribution >= 0.6 is 0 Å².